The van der Waals surface area contributed by atoms with E-state index in [4.69, 9.17) is 4.74 Å². The second-order valence-corrected chi connectivity index (χ2v) is 3.89. The molecule has 0 aromatic carbocycles. The van der Waals surface area contributed by atoms with E-state index < -0.39 is 0 Å². The lowest BCUT2D eigenvalue weighted by molar-refractivity contribution is 0.0435. The van der Waals surface area contributed by atoms with E-state index in [0.717, 1.165) is 0 Å². The summed E-state index contributed by atoms with van der Waals surface area (Å²) in [6, 6.07) is 0. The van der Waals surface area contributed by atoms with E-state index in [1.54, 1.807) is 7.05 Å². The molecule has 0 amide bonds. The predicted molar refractivity (Wildman–Crippen MR) is 59.6 cm³/mol. The molecule has 2 heteroatoms. The van der Waals surface area contributed by atoms with Crippen LogP contribution in [-0.4, -0.2) is 12.6 Å². The Morgan fingerprint density at radius 3 is 1.69 bits per heavy atom. The molecule has 0 aliphatic carbocycles. The van der Waals surface area contributed by atoms with Crippen molar-refractivity contribution in [3.05, 3.63) is 12.5 Å². The average molecular weight is 187 g/mol. The van der Waals surface area contributed by atoms with E-state index in [1.165, 1.54) is 12.8 Å². The quantitative estimate of drug-likeness (QED) is 0.684. The fourth-order valence-electron chi connectivity index (χ4n) is 0.421. The van der Waals surface area contributed by atoms with Crippen LogP contribution in [0.25, 0.3) is 0 Å². The van der Waals surface area contributed by atoms with Crippen LogP contribution in [0.3, 0.4) is 0 Å². The number of hydrogen-bond acceptors (Lipinski definition) is 2. The molecule has 0 heterocycles. The Bertz CT molecular complexity index is 123. The summed E-state index contributed by atoms with van der Waals surface area (Å²) in [5.74, 6) is 0.613. The normalized spacial score (nSPS) is 9.69. The Kier molecular flexibility index (Phi) is 9.09. The fourth-order valence-corrected chi connectivity index (χ4v) is 0.421. The number of unbranched alkanes of at least 4 members (excludes halogenated alkanes) is 1. The summed E-state index contributed by atoms with van der Waals surface area (Å²) in [6.07, 6.45) is 2.64. The SMILES string of the molecule is C=C(NC)OC(C)(C)C.CCCC. The Labute approximate surface area is 83.4 Å². The molecular formula is C11H25NO. The first kappa shape index (κ1) is 14.8. The van der Waals surface area contributed by atoms with Crippen LogP contribution in [0.4, 0.5) is 0 Å². The number of ether oxygens (including phenoxy) is 1. The van der Waals surface area contributed by atoms with Crippen LogP contribution in [-0.2, 0) is 4.74 Å². The highest BCUT2D eigenvalue weighted by Crippen LogP contribution is 2.09. The van der Waals surface area contributed by atoms with E-state index in [-0.39, 0.29) is 5.60 Å². The van der Waals surface area contributed by atoms with Crippen LogP contribution >= 0.6 is 0 Å². The van der Waals surface area contributed by atoms with Crippen molar-refractivity contribution in [1.82, 2.24) is 5.32 Å². The van der Waals surface area contributed by atoms with Crippen molar-refractivity contribution in [3.8, 4) is 0 Å². The van der Waals surface area contributed by atoms with Gasteiger partial charge in [0.15, 0.2) is 5.88 Å². The topological polar surface area (TPSA) is 21.3 Å². The zero-order chi connectivity index (χ0) is 10.9. The summed E-state index contributed by atoms with van der Waals surface area (Å²) < 4.78 is 5.28. The van der Waals surface area contributed by atoms with Crippen molar-refractivity contribution < 1.29 is 4.74 Å². The molecule has 13 heavy (non-hydrogen) atoms. The first-order valence-electron chi connectivity index (χ1n) is 4.93. The summed E-state index contributed by atoms with van der Waals surface area (Å²) in [6.45, 7) is 13.9. The second kappa shape index (κ2) is 7.96. The van der Waals surface area contributed by atoms with Gasteiger partial charge in [-0.05, 0) is 27.4 Å². The molecule has 80 valence electrons. The first-order valence-corrected chi connectivity index (χ1v) is 4.93. The van der Waals surface area contributed by atoms with E-state index in [1.807, 2.05) is 20.8 Å². The highest BCUT2D eigenvalue weighted by molar-refractivity contribution is 4.80. The molecule has 0 aliphatic heterocycles. The van der Waals surface area contributed by atoms with Crippen LogP contribution < -0.4 is 5.32 Å². The first-order chi connectivity index (χ1) is 5.87. The van der Waals surface area contributed by atoms with E-state index in [0.29, 0.717) is 5.88 Å². The van der Waals surface area contributed by atoms with E-state index >= 15 is 0 Å². The molecule has 0 aliphatic rings. The molecule has 0 unspecified atom stereocenters. The zero-order valence-electron chi connectivity index (χ0n) is 10.0. The van der Waals surface area contributed by atoms with Gasteiger partial charge in [-0.1, -0.05) is 26.7 Å². The molecule has 0 spiro atoms. The Morgan fingerprint density at radius 2 is 1.62 bits per heavy atom. The van der Waals surface area contributed by atoms with Gasteiger partial charge < -0.3 is 10.1 Å². The number of hydrogen-bond donors (Lipinski definition) is 1. The third-order valence-corrected chi connectivity index (χ3v) is 1.21. The molecule has 0 aromatic rings. The summed E-state index contributed by atoms with van der Waals surface area (Å²) in [5.41, 5.74) is -0.139. The van der Waals surface area contributed by atoms with Gasteiger partial charge in [-0.3, -0.25) is 0 Å². The van der Waals surface area contributed by atoms with Crippen molar-refractivity contribution in [1.29, 1.82) is 0 Å². The molecule has 1 N–H and O–H groups in total. The molecule has 0 fully saturated rings. The lowest BCUT2D eigenvalue weighted by Crippen LogP contribution is -2.23. The van der Waals surface area contributed by atoms with Crippen molar-refractivity contribution in [2.45, 2.75) is 53.1 Å². The molecule has 0 radical (unpaired) electrons. The standard InChI is InChI=1S/C7H15NO.C4H10/c1-6(8-5)9-7(2,3)4;1-3-4-2/h8H,1H2,2-5H3;3-4H2,1-2H3. The lowest BCUT2D eigenvalue weighted by Gasteiger charge is -2.21. The van der Waals surface area contributed by atoms with Crippen LogP contribution in [0.15, 0.2) is 12.5 Å². The van der Waals surface area contributed by atoms with Gasteiger partial charge in [-0.15, -0.1) is 0 Å². The van der Waals surface area contributed by atoms with E-state index in [9.17, 15) is 0 Å². The van der Waals surface area contributed by atoms with Crippen molar-refractivity contribution in [2.75, 3.05) is 7.05 Å². The molecular weight excluding hydrogens is 162 g/mol. The van der Waals surface area contributed by atoms with Gasteiger partial charge in [0, 0.05) is 7.05 Å². The molecule has 0 saturated carbocycles. The van der Waals surface area contributed by atoms with Crippen LogP contribution in [0.2, 0.25) is 0 Å². The van der Waals surface area contributed by atoms with E-state index in [2.05, 4.69) is 25.7 Å². The van der Waals surface area contributed by atoms with Gasteiger partial charge in [0.25, 0.3) is 0 Å². The predicted octanol–water partition coefficient (Wildman–Crippen LogP) is 3.30. The third kappa shape index (κ3) is 18.4. The van der Waals surface area contributed by atoms with Crippen LogP contribution in [0.1, 0.15) is 47.5 Å². The fraction of sp³-hybridized carbons (Fsp3) is 0.818. The van der Waals surface area contributed by atoms with Crippen LogP contribution in [0.5, 0.6) is 0 Å². The lowest BCUT2D eigenvalue weighted by atomic mass is 10.2. The van der Waals surface area contributed by atoms with Crippen molar-refractivity contribution >= 4 is 0 Å². The Hall–Kier alpha value is -0.660. The molecule has 0 atom stereocenters. The Morgan fingerprint density at radius 1 is 1.23 bits per heavy atom. The molecule has 2 nitrogen and oxygen atoms in total. The third-order valence-electron chi connectivity index (χ3n) is 1.21. The summed E-state index contributed by atoms with van der Waals surface area (Å²) in [5, 5.41) is 2.80. The van der Waals surface area contributed by atoms with Gasteiger partial charge in [0.1, 0.15) is 5.60 Å². The highest BCUT2D eigenvalue weighted by Gasteiger charge is 2.10. The Balaban J connectivity index is 0. The number of rotatable bonds is 3. The van der Waals surface area contributed by atoms with Gasteiger partial charge in [0.2, 0.25) is 0 Å². The molecule has 0 aromatic heterocycles. The molecule has 0 rings (SSSR count). The minimum Gasteiger partial charge on any atom is -0.474 e. The van der Waals surface area contributed by atoms with Gasteiger partial charge in [-0.2, -0.15) is 0 Å². The maximum atomic E-state index is 5.28. The molecule has 0 bridgehead atoms. The maximum Gasteiger partial charge on any atom is 0.179 e. The number of nitrogens with one attached hydrogen (secondary N) is 1. The van der Waals surface area contributed by atoms with Gasteiger partial charge in [-0.25, -0.2) is 0 Å². The monoisotopic (exact) mass is 187 g/mol. The average Bonchev–Trinajstić information content (AvgIpc) is 2.02. The second-order valence-electron chi connectivity index (χ2n) is 3.89. The molecule has 0 saturated heterocycles. The smallest absolute Gasteiger partial charge is 0.179 e. The minimum absolute atomic E-state index is 0.139. The maximum absolute atomic E-state index is 5.28. The summed E-state index contributed by atoms with van der Waals surface area (Å²) in [4.78, 5) is 0. The highest BCUT2D eigenvalue weighted by atomic mass is 16.5. The largest absolute Gasteiger partial charge is 0.474 e. The summed E-state index contributed by atoms with van der Waals surface area (Å²) in [7, 11) is 1.79. The minimum atomic E-state index is -0.139. The summed E-state index contributed by atoms with van der Waals surface area (Å²) >= 11 is 0. The zero-order valence-corrected chi connectivity index (χ0v) is 10.0. The van der Waals surface area contributed by atoms with Gasteiger partial charge in [0.05, 0.1) is 0 Å². The van der Waals surface area contributed by atoms with Gasteiger partial charge >= 0.3 is 0 Å². The van der Waals surface area contributed by atoms with Crippen molar-refractivity contribution in [2.24, 2.45) is 0 Å². The van der Waals surface area contributed by atoms with Crippen molar-refractivity contribution in [3.63, 3.8) is 0 Å². The van der Waals surface area contributed by atoms with Crippen LogP contribution in [0, 0.1) is 0 Å².